The first kappa shape index (κ1) is 21.7. The van der Waals surface area contributed by atoms with Crippen molar-refractivity contribution in [3.05, 3.63) is 66.2 Å². The Morgan fingerprint density at radius 2 is 1.53 bits per heavy atom. The third-order valence-electron chi connectivity index (χ3n) is 5.20. The maximum absolute atomic E-state index is 12.8. The fourth-order valence-electron chi connectivity index (χ4n) is 3.56. The Balaban J connectivity index is 1.52. The predicted molar refractivity (Wildman–Crippen MR) is 118 cm³/mol. The number of esters is 1. The van der Waals surface area contributed by atoms with Gasteiger partial charge in [-0.2, -0.15) is 0 Å². The average Bonchev–Trinajstić information content (AvgIpc) is 2.78. The summed E-state index contributed by atoms with van der Waals surface area (Å²) < 4.78 is 5.47. The van der Waals surface area contributed by atoms with Gasteiger partial charge in [-0.05, 0) is 30.0 Å². The Kier molecular flexibility index (Phi) is 7.71. The lowest BCUT2D eigenvalue weighted by molar-refractivity contribution is -0.147. The normalized spacial score (nSPS) is 15.0. The van der Waals surface area contributed by atoms with Gasteiger partial charge in [-0.15, -0.1) is 0 Å². The molecule has 1 aliphatic rings. The quantitative estimate of drug-likeness (QED) is 0.709. The molecule has 160 valence electrons. The highest BCUT2D eigenvalue weighted by Gasteiger charge is 2.27. The van der Waals surface area contributed by atoms with Crippen molar-refractivity contribution in [1.29, 1.82) is 0 Å². The first-order valence-corrected chi connectivity index (χ1v) is 10.6. The number of carbonyl (C=O) groups is 2. The number of ether oxygens (including phenoxy) is 1. The van der Waals surface area contributed by atoms with Crippen LogP contribution in [-0.4, -0.2) is 49.1 Å². The molecule has 3 rings (SSSR count). The standard InChI is InChI=1S/C24H31N3O3/c1-19(2)17-22(23(28)30-18-20-9-5-3-6-10-20)25-24(29)27-15-13-26(14-16-27)21-11-7-4-8-12-21/h3-12,19,22H,13-18H2,1-2H3,(H,25,29)/t22-/m0/s1. The molecule has 0 unspecified atom stereocenters. The van der Waals surface area contributed by atoms with Crippen molar-refractivity contribution in [1.82, 2.24) is 10.2 Å². The third kappa shape index (κ3) is 6.24. The number of rotatable bonds is 7. The molecule has 0 bridgehead atoms. The predicted octanol–water partition coefficient (Wildman–Crippen LogP) is 3.68. The number of carbonyl (C=O) groups excluding carboxylic acids is 2. The van der Waals surface area contributed by atoms with Crippen LogP contribution in [0, 0.1) is 5.92 Å². The van der Waals surface area contributed by atoms with Crippen molar-refractivity contribution in [3.63, 3.8) is 0 Å². The monoisotopic (exact) mass is 409 g/mol. The Morgan fingerprint density at radius 3 is 2.13 bits per heavy atom. The molecule has 0 aliphatic carbocycles. The van der Waals surface area contributed by atoms with Crippen LogP contribution in [0.25, 0.3) is 0 Å². The second kappa shape index (κ2) is 10.7. The topological polar surface area (TPSA) is 61.9 Å². The van der Waals surface area contributed by atoms with Crippen molar-refractivity contribution in [2.24, 2.45) is 5.92 Å². The van der Waals surface area contributed by atoms with E-state index in [-0.39, 0.29) is 24.5 Å². The van der Waals surface area contributed by atoms with Crippen LogP contribution in [0.3, 0.4) is 0 Å². The van der Waals surface area contributed by atoms with Crippen molar-refractivity contribution < 1.29 is 14.3 Å². The van der Waals surface area contributed by atoms with Crippen LogP contribution in [0.15, 0.2) is 60.7 Å². The number of nitrogens with one attached hydrogen (secondary N) is 1. The number of hydrogen-bond donors (Lipinski definition) is 1. The summed E-state index contributed by atoms with van der Waals surface area (Å²) in [6.07, 6.45) is 0.545. The van der Waals surface area contributed by atoms with Gasteiger partial charge in [0.15, 0.2) is 0 Å². The molecule has 1 atom stereocenters. The third-order valence-corrected chi connectivity index (χ3v) is 5.20. The zero-order valence-electron chi connectivity index (χ0n) is 17.8. The first-order valence-electron chi connectivity index (χ1n) is 10.6. The molecule has 0 radical (unpaired) electrons. The van der Waals surface area contributed by atoms with Gasteiger partial charge in [0.05, 0.1) is 0 Å². The van der Waals surface area contributed by atoms with Crippen molar-refractivity contribution >= 4 is 17.7 Å². The number of para-hydroxylation sites is 1. The maximum atomic E-state index is 12.8. The Bertz CT molecular complexity index is 803. The van der Waals surface area contributed by atoms with E-state index in [1.54, 1.807) is 4.90 Å². The molecule has 30 heavy (non-hydrogen) atoms. The highest BCUT2D eigenvalue weighted by Crippen LogP contribution is 2.16. The van der Waals surface area contributed by atoms with E-state index in [0.29, 0.717) is 19.5 Å². The smallest absolute Gasteiger partial charge is 0.329 e. The minimum atomic E-state index is -0.645. The van der Waals surface area contributed by atoms with E-state index in [0.717, 1.165) is 18.7 Å². The molecular formula is C24H31N3O3. The molecule has 6 heteroatoms. The van der Waals surface area contributed by atoms with Crippen LogP contribution in [0.1, 0.15) is 25.8 Å². The van der Waals surface area contributed by atoms with Gasteiger partial charge < -0.3 is 19.9 Å². The first-order chi connectivity index (χ1) is 14.5. The van der Waals surface area contributed by atoms with Crippen LogP contribution in [0.2, 0.25) is 0 Å². The summed E-state index contributed by atoms with van der Waals surface area (Å²) in [5, 5.41) is 2.90. The Labute approximate surface area is 178 Å². The van der Waals surface area contributed by atoms with Crippen LogP contribution in [-0.2, 0) is 16.1 Å². The van der Waals surface area contributed by atoms with E-state index < -0.39 is 6.04 Å². The molecule has 2 aromatic carbocycles. The molecule has 0 aromatic heterocycles. The lowest BCUT2D eigenvalue weighted by Gasteiger charge is -2.36. The van der Waals surface area contributed by atoms with Crippen LogP contribution in [0.4, 0.5) is 10.5 Å². The Hall–Kier alpha value is -3.02. The van der Waals surface area contributed by atoms with E-state index in [4.69, 9.17) is 4.74 Å². The minimum Gasteiger partial charge on any atom is -0.459 e. The molecule has 2 aromatic rings. The Morgan fingerprint density at radius 1 is 0.933 bits per heavy atom. The fraction of sp³-hybridized carbons (Fsp3) is 0.417. The maximum Gasteiger partial charge on any atom is 0.329 e. The lowest BCUT2D eigenvalue weighted by Crippen LogP contribution is -2.55. The van der Waals surface area contributed by atoms with Gasteiger partial charge in [0.1, 0.15) is 12.6 Å². The molecule has 1 heterocycles. The van der Waals surface area contributed by atoms with Crippen molar-refractivity contribution in [2.45, 2.75) is 32.9 Å². The van der Waals surface area contributed by atoms with Gasteiger partial charge in [0.2, 0.25) is 0 Å². The van der Waals surface area contributed by atoms with Crippen molar-refractivity contribution in [3.8, 4) is 0 Å². The van der Waals surface area contributed by atoms with Gasteiger partial charge in [-0.25, -0.2) is 9.59 Å². The van der Waals surface area contributed by atoms with Gasteiger partial charge in [0.25, 0.3) is 0 Å². The van der Waals surface area contributed by atoms with E-state index in [1.165, 1.54) is 5.69 Å². The largest absolute Gasteiger partial charge is 0.459 e. The molecular weight excluding hydrogens is 378 g/mol. The number of amides is 2. The SMILES string of the molecule is CC(C)C[C@H](NC(=O)N1CCN(c2ccccc2)CC1)C(=O)OCc1ccccc1. The summed E-state index contributed by atoms with van der Waals surface area (Å²) in [6.45, 7) is 7.04. The molecule has 0 spiro atoms. The number of benzene rings is 2. The second-order valence-corrected chi connectivity index (χ2v) is 8.03. The molecule has 2 amide bonds. The van der Waals surface area contributed by atoms with Crippen LogP contribution in [0.5, 0.6) is 0 Å². The van der Waals surface area contributed by atoms with E-state index in [1.807, 2.05) is 62.4 Å². The average molecular weight is 410 g/mol. The van der Waals surface area contributed by atoms with Gasteiger partial charge in [-0.3, -0.25) is 0 Å². The van der Waals surface area contributed by atoms with E-state index in [9.17, 15) is 9.59 Å². The summed E-state index contributed by atoms with van der Waals surface area (Å²) in [4.78, 5) is 29.5. The number of piperazine rings is 1. The summed E-state index contributed by atoms with van der Waals surface area (Å²) in [6, 6.07) is 18.9. The van der Waals surface area contributed by atoms with E-state index in [2.05, 4.69) is 22.3 Å². The van der Waals surface area contributed by atoms with Crippen molar-refractivity contribution in [2.75, 3.05) is 31.1 Å². The van der Waals surface area contributed by atoms with Gasteiger partial charge >= 0.3 is 12.0 Å². The highest BCUT2D eigenvalue weighted by atomic mass is 16.5. The van der Waals surface area contributed by atoms with Gasteiger partial charge in [-0.1, -0.05) is 62.4 Å². The fourth-order valence-corrected chi connectivity index (χ4v) is 3.56. The van der Waals surface area contributed by atoms with Crippen LogP contribution < -0.4 is 10.2 Å². The molecule has 1 aliphatic heterocycles. The summed E-state index contributed by atoms with van der Waals surface area (Å²) in [5.74, 6) is -0.127. The zero-order chi connectivity index (χ0) is 21.3. The molecule has 6 nitrogen and oxygen atoms in total. The van der Waals surface area contributed by atoms with Gasteiger partial charge in [0, 0.05) is 31.9 Å². The molecule has 0 saturated carbocycles. The number of urea groups is 1. The molecule has 1 fully saturated rings. The zero-order valence-corrected chi connectivity index (χ0v) is 17.8. The number of nitrogens with zero attached hydrogens (tertiary/aromatic N) is 2. The highest BCUT2D eigenvalue weighted by molar-refractivity contribution is 5.83. The summed E-state index contributed by atoms with van der Waals surface area (Å²) in [5.41, 5.74) is 2.09. The van der Waals surface area contributed by atoms with Crippen LogP contribution >= 0.6 is 0 Å². The molecule has 1 N–H and O–H groups in total. The second-order valence-electron chi connectivity index (χ2n) is 8.03. The summed E-state index contributed by atoms with van der Waals surface area (Å²) >= 11 is 0. The summed E-state index contributed by atoms with van der Waals surface area (Å²) in [7, 11) is 0. The molecule has 1 saturated heterocycles. The lowest BCUT2D eigenvalue weighted by atomic mass is 10.0. The number of hydrogen-bond acceptors (Lipinski definition) is 4. The van der Waals surface area contributed by atoms with E-state index >= 15 is 0 Å². The minimum absolute atomic E-state index is 0.204. The number of anilines is 1.